The summed E-state index contributed by atoms with van der Waals surface area (Å²) in [4.78, 5) is 40.0. The number of amides is 1. The van der Waals surface area contributed by atoms with E-state index in [1.165, 1.54) is 0 Å². The summed E-state index contributed by atoms with van der Waals surface area (Å²) >= 11 is 0. The van der Waals surface area contributed by atoms with Gasteiger partial charge in [-0.2, -0.15) is 13.2 Å². The number of carbonyl (C=O) groups excluding carboxylic acids is 3. The first-order valence-electron chi connectivity index (χ1n) is 12.6. The maximum absolute atomic E-state index is 13.7. The number of hydrogen-bond donors (Lipinski definition) is 0. The van der Waals surface area contributed by atoms with Crippen molar-refractivity contribution in [2.24, 2.45) is 11.3 Å². The summed E-state index contributed by atoms with van der Waals surface area (Å²) in [6, 6.07) is 6.66. The molecule has 0 spiro atoms. The summed E-state index contributed by atoms with van der Waals surface area (Å²) in [5.41, 5.74) is -2.00. The average molecular weight is 528 g/mol. The second-order valence-electron chi connectivity index (χ2n) is 11.1. The van der Waals surface area contributed by atoms with E-state index in [1.807, 2.05) is 0 Å². The van der Waals surface area contributed by atoms with Crippen molar-refractivity contribution in [2.45, 2.75) is 90.3 Å². The van der Waals surface area contributed by atoms with E-state index in [1.54, 1.807) is 65.0 Å². The van der Waals surface area contributed by atoms with Gasteiger partial charge in [-0.05, 0) is 65.5 Å². The first-order chi connectivity index (χ1) is 17.2. The van der Waals surface area contributed by atoms with Crippen LogP contribution in [0.3, 0.4) is 0 Å². The Balaban J connectivity index is 1.95. The Morgan fingerprint density at radius 3 is 2.32 bits per heavy atom. The molecule has 10 heteroatoms. The minimum absolute atomic E-state index is 0.106. The molecule has 7 nitrogen and oxygen atoms in total. The normalized spacial score (nSPS) is 27.3. The van der Waals surface area contributed by atoms with Crippen LogP contribution in [0.5, 0.6) is 0 Å². The van der Waals surface area contributed by atoms with Gasteiger partial charge in [0.25, 0.3) is 0 Å². The molecule has 1 aromatic rings. The number of ether oxygens (including phenoxy) is 3. The molecule has 2 unspecified atom stereocenters. The molecular weight excluding hydrogens is 491 g/mol. The lowest BCUT2D eigenvalue weighted by molar-refractivity contribution is -0.195. The zero-order valence-electron chi connectivity index (χ0n) is 22.0. The van der Waals surface area contributed by atoms with Gasteiger partial charge in [0, 0.05) is 24.6 Å². The van der Waals surface area contributed by atoms with Gasteiger partial charge in [0.1, 0.15) is 17.1 Å². The van der Waals surface area contributed by atoms with Gasteiger partial charge in [-0.1, -0.05) is 25.1 Å². The van der Waals surface area contributed by atoms with Crippen molar-refractivity contribution in [1.29, 1.82) is 0 Å². The highest BCUT2D eigenvalue weighted by atomic mass is 19.4. The number of benzene rings is 1. The van der Waals surface area contributed by atoms with Crippen molar-refractivity contribution < 1.29 is 41.8 Å². The zero-order valence-corrected chi connectivity index (χ0v) is 22.0. The van der Waals surface area contributed by atoms with Gasteiger partial charge >= 0.3 is 24.0 Å². The summed E-state index contributed by atoms with van der Waals surface area (Å²) in [5.74, 6) is -3.55. The van der Waals surface area contributed by atoms with E-state index >= 15 is 0 Å². The third-order valence-electron chi connectivity index (χ3n) is 7.22. The van der Waals surface area contributed by atoms with E-state index in [0.717, 1.165) is 4.90 Å². The third kappa shape index (κ3) is 6.64. The van der Waals surface area contributed by atoms with Gasteiger partial charge in [0.15, 0.2) is 0 Å². The molecule has 1 amide bonds. The Hall–Kier alpha value is -2.62. The molecule has 1 saturated heterocycles. The molecule has 0 radical (unpaired) electrons. The number of rotatable bonds is 6. The monoisotopic (exact) mass is 527 g/mol. The summed E-state index contributed by atoms with van der Waals surface area (Å²) < 4.78 is 58.0. The minimum atomic E-state index is -5.07. The molecular formula is C27H36F3NO6. The minimum Gasteiger partial charge on any atom is -0.459 e. The van der Waals surface area contributed by atoms with E-state index in [4.69, 9.17) is 14.2 Å². The van der Waals surface area contributed by atoms with Crippen LogP contribution in [0, 0.1) is 11.3 Å². The van der Waals surface area contributed by atoms with Gasteiger partial charge in [0.05, 0.1) is 12.2 Å². The Bertz CT molecular complexity index is 977. The first-order valence-corrected chi connectivity index (χ1v) is 12.6. The van der Waals surface area contributed by atoms with Crippen molar-refractivity contribution in [1.82, 2.24) is 4.90 Å². The summed E-state index contributed by atoms with van der Waals surface area (Å²) in [6.45, 7) is 8.85. The quantitative estimate of drug-likeness (QED) is 0.488. The summed E-state index contributed by atoms with van der Waals surface area (Å²) in [7, 11) is 0. The molecule has 5 atom stereocenters. The Labute approximate surface area is 215 Å². The van der Waals surface area contributed by atoms with Crippen LogP contribution in [-0.2, 0) is 23.8 Å². The van der Waals surface area contributed by atoms with Crippen LogP contribution < -0.4 is 0 Å². The molecule has 37 heavy (non-hydrogen) atoms. The zero-order chi connectivity index (χ0) is 27.6. The summed E-state index contributed by atoms with van der Waals surface area (Å²) in [6.07, 6.45) is -5.68. The molecule has 1 aliphatic heterocycles. The predicted molar refractivity (Wildman–Crippen MR) is 129 cm³/mol. The Kier molecular flexibility index (Phi) is 8.61. The van der Waals surface area contributed by atoms with Crippen molar-refractivity contribution >= 4 is 17.8 Å². The fourth-order valence-corrected chi connectivity index (χ4v) is 5.32. The lowest BCUT2D eigenvalue weighted by Gasteiger charge is -2.43. The standard InChI is InChI=1S/C27H36F3NO6/c1-17-16-35-14-12-21(17)31(23(33)27(28,29)30)20-11-13-26(15-20,24(34)37-25(3,4)5)18(2)36-22(32)19-9-7-6-8-10-19/h6-10,17-18,20-21H,11-16H2,1-5H3/t17-,18?,20-,21?,26+/m1/s1. The lowest BCUT2D eigenvalue weighted by atomic mass is 9.80. The highest BCUT2D eigenvalue weighted by Crippen LogP contribution is 2.48. The fraction of sp³-hybridized carbons (Fsp3) is 0.667. The van der Waals surface area contributed by atoms with E-state index < -0.39 is 53.2 Å². The Morgan fingerprint density at radius 1 is 1.11 bits per heavy atom. The molecule has 0 aromatic heterocycles. The van der Waals surface area contributed by atoms with Crippen LogP contribution in [0.15, 0.2) is 30.3 Å². The van der Waals surface area contributed by atoms with Crippen LogP contribution in [0.2, 0.25) is 0 Å². The Morgan fingerprint density at radius 2 is 1.76 bits per heavy atom. The molecule has 1 aromatic carbocycles. The number of hydrogen-bond acceptors (Lipinski definition) is 6. The predicted octanol–water partition coefficient (Wildman–Crippen LogP) is 4.93. The van der Waals surface area contributed by atoms with E-state index in [9.17, 15) is 27.6 Å². The number of halogens is 3. The van der Waals surface area contributed by atoms with Crippen molar-refractivity contribution in [3.8, 4) is 0 Å². The number of alkyl halides is 3. The van der Waals surface area contributed by atoms with Crippen LogP contribution in [-0.4, -0.2) is 65.9 Å². The van der Waals surface area contributed by atoms with Gasteiger partial charge in [-0.25, -0.2) is 4.79 Å². The smallest absolute Gasteiger partial charge is 0.459 e. The van der Waals surface area contributed by atoms with Gasteiger partial charge < -0.3 is 19.1 Å². The summed E-state index contributed by atoms with van der Waals surface area (Å²) in [5, 5.41) is 0. The molecule has 2 aliphatic rings. The van der Waals surface area contributed by atoms with Gasteiger partial charge in [-0.3, -0.25) is 9.59 Å². The van der Waals surface area contributed by atoms with Gasteiger partial charge in [0.2, 0.25) is 0 Å². The second-order valence-corrected chi connectivity index (χ2v) is 11.1. The number of nitrogens with zero attached hydrogens (tertiary/aromatic N) is 1. The van der Waals surface area contributed by atoms with Crippen LogP contribution in [0.1, 0.15) is 70.7 Å². The van der Waals surface area contributed by atoms with Crippen LogP contribution >= 0.6 is 0 Å². The fourth-order valence-electron chi connectivity index (χ4n) is 5.32. The van der Waals surface area contributed by atoms with Gasteiger partial charge in [-0.15, -0.1) is 0 Å². The molecule has 1 saturated carbocycles. The van der Waals surface area contributed by atoms with Crippen LogP contribution in [0.4, 0.5) is 13.2 Å². The highest BCUT2D eigenvalue weighted by molar-refractivity contribution is 5.90. The van der Waals surface area contributed by atoms with Crippen molar-refractivity contribution in [3.63, 3.8) is 0 Å². The average Bonchev–Trinajstić information content (AvgIpc) is 3.26. The van der Waals surface area contributed by atoms with Crippen LogP contribution in [0.25, 0.3) is 0 Å². The molecule has 2 fully saturated rings. The van der Waals surface area contributed by atoms with E-state index in [-0.39, 0.29) is 50.4 Å². The SMILES string of the molecule is CC(OC(=O)c1ccccc1)[C@]1(C(=O)OC(C)(C)C)CC[C@@H](N(C(=O)C(F)(F)F)C2CCOC[C@H]2C)C1. The molecule has 206 valence electrons. The third-order valence-corrected chi connectivity index (χ3v) is 7.22. The number of esters is 2. The molecule has 3 rings (SSSR count). The highest BCUT2D eigenvalue weighted by Gasteiger charge is 2.57. The maximum Gasteiger partial charge on any atom is 0.471 e. The molecule has 1 heterocycles. The van der Waals surface area contributed by atoms with E-state index in [2.05, 4.69) is 0 Å². The second kappa shape index (κ2) is 11.0. The van der Waals surface area contributed by atoms with Crippen molar-refractivity contribution in [2.75, 3.05) is 13.2 Å². The first kappa shape index (κ1) is 28.9. The molecule has 1 aliphatic carbocycles. The van der Waals surface area contributed by atoms with E-state index in [0.29, 0.717) is 0 Å². The largest absolute Gasteiger partial charge is 0.471 e. The maximum atomic E-state index is 13.7. The topological polar surface area (TPSA) is 82.1 Å². The molecule has 0 bridgehead atoms. The molecule has 0 N–H and O–H groups in total. The van der Waals surface area contributed by atoms with Crippen molar-refractivity contribution in [3.05, 3.63) is 35.9 Å². The number of carbonyl (C=O) groups is 3. The lowest BCUT2D eigenvalue weighted by Crippen LogP contribution is -2.56.